The van der Waals surface area contributed by atoms with Gasteiger partial charge in [-0.1, -0.05) is 330 Å². The third kappa shape index (κ3) is 69.0. The Morgan fingerprint density at radius 2 is 0.470 bits per heavy atom. The van der Waals surface area contributed by atoms with Crippen molar-refractivity contribution in [2.75, 3.05) is 13.2 Å². The second-order valence-electron chi connectivity index (χ2n) is 23.8. The van der Waals surface area contributed by atoms with Gasteiger partial charge < -0.3 is 14.2 Å². The summed E-state index contributed by atoms with van der Waals surface area (Å²) in [6.45, 7) is 6.52. The van der Waals surface area contributed by atoms with Crippen LogP contribution >= 0.6 is 0 Å². The van der Waals surface area contributed by atoms with E-state index in [-0.39, 0.29) is 31.1 Å². The van der Waals surface area contributed by atoms with E-state index in [2.05, 4.69) is 118 Å². The van der Waals surface area contributed by atoms with Gasteiger partial charge in [-0.3, -0.25) is 14.4 Å². The molecule has 0 heterocycles. The molecule has 83 heavy (non-hydrogen) atoms. The Labute approximate surface area is 515 Å². The number of ether oxygens (including phenoxy) is 3. The van der Waals surface area contributed by atoms with Crippen molar-refractivity contribution in [2.45, 2.75) is 361 Å². The number of hydrogen-bond donors (Lipinski definition) is 0. The lowest BCUT2D eigenvalue weighted by molar-refractivity contribution is -0.167. The Kier molecular flexibility index (Phi) is 67.7. The third-order valence-electron chi connectivity index (χ3n) is 15.6. The number of esters is 3. The summed E-state index contributed by atoms with van der Waals surface area (Å²) >= 11 is 0. The summed E-state index contributed by atoms with van der Waals surface area (Å²) in [6.07, 6.45) is 96.1. The van der Waals surface area contributed by atoms with Crippen LogP contribution in [0.3, 0.4) is 0 Å². The van der Waals surface area contributed by atoms with Gasteiger partial charge in [-0.05, 0) is 103 Å². The summed E-state index contributed by atoms with van der Waals surface area (Å²) in [6, 6.07) is 0. The van der Waals surface area contributed by atoms with E-state index >= 15 is 0 Å². The molecule has 0 saturated carbocycles. The molecule has 0 amide bonds. The number of carbonyl (C=O) groups is 3. The second kappa shape index (κ2) is 70.8. The van der Waals surface area contributed by atoms with E-state index in [1.165, 1.54) is 205 Å². The van der Waals surface area contributed by atoms with Gasteiger partial charge in [0.1, 0.15) is 13.2 Å². The summed E-state index contributed by atoms with van der Waals surface area (Å²) in [5, 5.41) is 0. The average molecular weight is 1160 g/mol. The monoisotopic (exact) mass is 1160 g/mol. The first kappa shape index (κ1) is 79.3. The van der Waals surface area contributed by atoms with Gasteiger partial charge >= 0.3 is 17.9 Å². The minimum Gasteiger partial charge on any atom is -0.462 e. The molecule has 0 rings (SSSR count). The topological polar surface area (TPSA) is 78.9 Å². The Hall–Kier alpha value is -3.67. The molecule has 478 valence electrons. The van der Waals surface area contributed by atoms with Crippen molar-refractivity contribution >= 4 is 17.9 Å². The van der Waals surface area contributed by atoms with Gasteiger partial charge in [0.25, 0.3) is 0 Å². The fourth-order valence-corrected chi connectivity index (χ4v) is 10.2. The van der Waals surface area contributed by atoms with Gasteiger partial charge in [0.15, 0.2) is 6.10 Å². The van der Waals surface area contributed by atoms with Crippen molar-refractivity contribution in [3.8, 4) is 0 Å². The van der Waals surface area contributed by atoms with Crippen LogP contribution in [0.1, 0.15) is 355 Å². The summed E-state index contributed by atoms with van der Waals surface area (Å²) in [5.41, 5.74) is 0. The zero-order valence-corrected chi connectivity index (χ0v) is 54.9. The average Bonchev–Trinajstić information content (AvgIpc) is 3.50. The lowest BCUT2D eigenvalue weighted by Gasteiger charge is -2.18. The van der Waals surface area contributed by atoms with Crippen LogP contribution in [0, 0.1) is 0 Å². The molecule has 1 atom stereocenters. The van der Waals surface area contributed by atoms with E-state index < -0.39 is 6.10 Å². The summed E-state index contributed by atoms with van der Waals surface area (Å²) in [4.78, 5) is 38.2. The molecule has 0 bridgehead atoms. The fraction of sp³-hybridized carbons (Fsp3) is 0.753. The molecule has 1 unspecified atom stereocenters. The molecule has 0 fully saturated rings. The van der Waals surface area contributed by atoms with Crippen LogP contribution < -0.4 is 0 Å². The summed E-state index contributed by atoms with van der Waals surface area (Å²) in [5.74, 6) is -0.874. The second-order valence-corrected chi connectivity index (χ2v) is 23.8. The minimum absolute atomic E-state index is 0.0757. The Morgan fingerprint density at radius 3 is 0.747 bits per heavy atom. The molecule has 0 N–H and O–H groups in total. The van der Waals surface area contributed by atoms with Gasteiger partial charge in [0.05, 0.1) is 0 Å². The van der Waals surface area contributed by atoms with Crippen LogP contribution in [0.25, 0.3) is 0 Å². The lowest BCUT2D eigenvalue weighted by atomic mass is 10.0. The lowest BCUT2D eigenvalue weighted by Crippen LogP contribution is -2.30. The first-order chi connectivity index (χ1) is 41.0. The van der Waals surface area contributed by atoms with Crippen LogP contribution in [-0.4, -0.2) is 37.2 Å². The van der Waals surface area contributed by atoms with E-state index in [1.54, 1.807) is 0 Å². The van der Waals surface area contributed by atoms with E-state index in [0.717, 1.165) is 109 Å². The fourth-order valence-electron chi connectivity index (χ4n) is 10.2. The van der Waals surface area contributed by atoms with Gasteiger partial charge in [0.2, 0.25) is 0 Å². The number of hydrogen-bond acceptors (Lipinski definition) is 6. The third-order valence-corrected chi connectivity index (χ3v) is 15.6. The first-order valence-electron chi connectivity index (χ1n) is 35.7. The normalized spacial score (nSPS) is 12.7. The van der Waals surface area contributed by atoms with Gasteiger partial charge in [-0.15, -0.1) is 0 Å². The van der Waals surface area contributed by atoms with Crippen LogP contribution in [0.5, 0.6) is 0 Å². The highest BCUT2D eigenvalue weighted by atomic mass is 16.6. The Morgan fingerprint density at radius 1 is 0.253 bits per heavy atom. The SMILES string of the molecule is CC/C=C\C/C=C\C/C=C\C/C=C\C/C=C\C/C=C\C/C=C\CCCCCCCCCCCC(=O)OCC(COC(=O)CCCCCCCCC)OC(=O)CCCCCCCCCCCCCCCCC/C=C\CCCCCCCCCC. The van der Waals surface area contributed by atoms with E-state index in [0.29, 0.717) is 19.3 Å². The Balaban J connectivity index is 4.09. The number of rotatable bonds is 65. The van der Waals surface area contributed by atoms with Crippen molar-refractivity contribution in [2.24, 2.45) is 0 Å². The molecule has 6 nitrogen and oxygen atoms in total. The molecular formula is C77H134O6. The van der Waals surface area contributed by atoms with Crippen LogP contribution in [0.4, 0.5) is 0 Å². The smallest absolute Gasteiger partial charge is 0.306 e. The van der Waals surface area contributed by atoms with Gasteiger partial charge in [-0.25, -0.2) is 0 Å². The van der Waals surface area contributed by atoms with Crippen molar-refractivity contribution in [1.82, 2.24) is 0 Å². The van der Waals surface area contributed by atoms with Crippen molar-refractivity contribution in [3.63, 3.8) is 0 Å². The van der Waals surface area contributed by atoms with Crippen LogP contribution in [0.15, 0.2) is 97.2 Å². The number of carbonyl (C=O) groups excluding carboxylic acids is 3. The molecule has 0 aliphatic heterocycles. The maximum Gasteiger partial charge on any atom is 0.306 e. The molecule has 6 heteroatoms. The largest absolute Gasteiger partial charge is 0.462 e. The molecule has 0 spiro atoms. The number of allylic oxidation sites excluding steroid dienone is 16. The van der Waals surface area contributed by atoms with E-state index in [1.807, 2.05) is 0 Å². The standard InChI is InChI=1S/C77H134O6/c1-4-7-10-13-16-18-20-22-24-26-28-30-32-34-36-37-38-39-41-42-44-46-48-50-52-54-56-58-61-64-67-70-76(79)82-73-74(72-81-75(78)69-66-63-60-15-12-9-6-3)83-77(80)71-68-65-62-59-57-55-53-51-49-47-45-43-40-35-33-31-29-27-25-23-21-19-17-14-11-8-5-2/h7,10,16,18,22,24,27-30,34,36,38-39,42,44,74H,4-6,8-9,11-15,17,19-21,23,25-26,31-33,35,37,40-41,43,45-73H2,1-3H3/b10-7-,18-16-,24-22-,29-27-,30-28-,36-34-,39-38-,44-42-. The maximum absolute atomic E-state index is 12.9. The Bertz CT molecular complexity index is 1610. The van der Waals surface area contributed by atoms with Crippen molar-refractivity contribution in [1.29, 1.82) is 0 Å². The summed E-state index contributed by atoms with van der Waals surface area (Å²) < 4.78 is 16.9. The zero-order chi connectivity index (χ0) is 59.9. The van der Waals surface area contributed by atoms with Gasteiger partial charge in [0, 0.05) is 19.3 Å². The molecular weight excluding hydrogens is 1020 g/mol. The van der Waals surface area contributed by atoms with Crippen LogP contribution in [0.2, 0.25) is 0 Å². The molecule has 0 aliphatic rings. The maximum atomic E-state index is 12.9. The molecule has 0 radical (unpaired) electrons. The first-order valence-corrected chi connectivity index (χ1v) is 35.7. The van der Waals surface area contributed by atoms with Crippen molar-refractivity contribution < 1.29 is 28.6 Å². The van der Waals surface area contributed by atoms with E-state index in [4.69, 9.17) is 14.2 Å². The highest BCUT2D eigenvalue weighted by Gasteiger charge is 2.19. The minimum atomic E-state index is -0.777. The molecule has 0 aromatic heterocycles. The van der Waals surface area contributed by atoms with Crippen molar-refractivity contribution in [3.05, 3.63) is 97.2 Å². The zero-order valence-electron chi connectivity index (χ0n) is 54.9. The molecule has 0 aliphatic carbocycles. The summed E-state index contributed by atoms with van der Waals surface area (Å²) in [7, 11) is 0. The van der Waals surface area contributed by atoms with Crippen LogP contribution in [-0.2, 0) is 28.6 Å². The highest BCUT2D eigenvalue weighted by Crippen LogP contribution is 2.17. The highest BCUT2D eigenvalue weighted by molar-refractivity contribution is 5.71. The van der Waals surface area contributed by atoms with Gasteiger partial charge in [-0.2, -0.15) is 0 Å². The quantitative estimate of drug-likeness (QED) is 0.0261. The molecule has 0 aromatic carbocycles. The van der Waals surface area contributed by atoms with E-state index in [9.17, 15) is 14.4 Å². The predicted octanol–water partition coefficient (Wildman–Crippen LogP) is 24.8. The molecule has 0 saturated heterocycles. The number of unbranched alkanes of at least 4 members (excludes halogenated alkanes) is 38. The molecule has 0 aromatic rings. The predicted molar refractivity (Wildman–Crippen MR) is 362 cm³/mol.